The van der Waals surface area contributed by atoms with Crippen LogP contribution in [0.15, 0.2) is 18.2 Å². The zero-order valence-corrected chi connectivity index (χ0v) is 11.8. The standard InChI is InChI=1S/C15H20FN3O2/c16-9-1-4-13(17)14(5-9)18-15(21)8-19-10-2-3-11(19)7-12(20)6-10/h1,4-5,10-12,20H,2-3,6-8,17H2,(H,18,21). The summed E-state index contributed by atoms with van der Waals surface area (Å²) in [5.74, 6) is -0.624. The Balaban J connectivity index is 1.63. The van der Waals surface area contributed by atoms with Gasteiger partial charge >= 0.3 is 0 Å². The van der Waals surface area contributed by atoms with Gasteiger partial charge in [0.05, 0.1) is 24.0 Å². The molecule has 2 unspecified atom stereocenters. The van der Waals surface area contributed by atoms with Gasteiger partial charge in [-0.25, -0.2) is 4.39 Å². The summed E-state index contributed by atoms with van der Waals surface area (Å²) < 4.78 is 13.2. The van der Waals surface area contributed by atoms with Crippen LogP contribution in [0.3, 0.4) is 0 Å². The molecule has 114 valence electrons. The lowest BCUT2D eigenvalue weighted by atomic mass is 10.00. The Bertz CT molecular complexity index is 538. The quantitative estimate of drug-likeness (QED) is 0.735. The fraction of sp³-hybridized carbons (Fsp3) is 0.533. The Morgan fingerprint density at radius 3 is 2.71 bits per heavy atom. The third-order valence-electron chi connectivity index (χ3n) is 4.48. The van der Waals surface area contributed by atoms with Crippen LogP contribution in [0.5, 0.6) is 0 Å². The highest BCUT2D eigenvalue weighted by Crippen LogP contribution is 2.35. The lowest BCUT2D eigenvalue weighted by molar-refractivity contribution is -0.119. The van der Waals surface area contributed by atoms with E-state index in [0.29, 0.717) is 11.4 Å². The Morgan fingerprint density at radius 2 is 2.05 bits per heavy atom. The summed E-state index contributed by atoms with van der Waals surface area (Å²) in [6.45, 7) is 0.262. The van der Waals surface area contributed by atoms with Gasteiger partial charge in [0.2, 0.25) is 5.91 Å². The van der Waals surface area contributed by atoms with Gasteiger partial charge in [-0.2, -0.15) is 0 Å². The van der Waals surface area contributed by atoms with E-state index in [-0.39, 0.29) is 30.6 Å². The zero-order chi connectivity index (χ0) is 15.0. The van der Waals surface area contributed by atoms with Crippen LogP contribution in [0.1, 0.15) is 25.7 Å². The predicted molar refractivity (Wildman–Crippen MR) is 78.2 cm³/mol. The first-order valence-electron chi connectivity index (χ1n) is 7.31. The van der Waals surface area contributed by atoms with Crippen molar-refractivity contribution in [3.05, 3.63) is 24.0 Å². The van der Waals surface area contributed by atoms with Crippen molar-refractivity contribution in [1.82, 2.24) is 4.90 Å². The van der Waals surface area contributed by atoms with Crippen LogP contribution in [0.2, 0.25) is 0 Å². The summed E-state index contributed by atoms with van der Waals surface area (Å²) >= 11 is 0. The van der Waals surface area contributed by atoms with Gasteiger partial charge in [-0.15, -0.1) is 0 Å². The average molecular weight is 293 g/mol. The van der Waals surface area contributed by atoms with E-state index < -0.39 is 5.82 Å². The van der Waals surface area contributed by atoms with Gasteiger partial charge < -0.3 is 16.2 Å². The number of benzene rings is 1. The Morgan fingerprint density at radius 1 is 1.38 bits per heavy atom. The second kappa shape index (κ2) is 5.61. The van der Waals surface area contributed by atoms with Crippen molar-refractivity contribution < 1.29 is 14.3 Å². The van der Waals surface area contributed by atoms with Crippen LogP contribution in [0, 0.1) is 5.82 Å². The minimum atomic E-state index is -0.430. The maximum atomic E-state index is 13.2. The first-order chi connectivity index (χ1) is 10.0. The van der Waals surface area contributed by atoms with Gasteiger partial charge in [-0.3, -0.25) is 9.69 Å². The number of nitrogens with one attached hydrogen (secondary N) is 1. The monoisotopic (exact) mass is 293 g/mol. The summed E-state index contributed by atoms with van der Waals surface area (Å²) in [4.78, 5) is 14.3. The summed E-state index contributed by atoms with van der Waals surface area (Å²) in [5, 5.41) is 12.4. The van der Waals surface area contributed by atoms with Gasteiger partial charge in [0, 0.05) is 12.1 Å². The zero-order valence-electron chi connectivity index (χ0n) is 11.8. The molecule has 2 heterocycles. The molecule has 21 heavy (non-hydrogen) atoms. The molecule has 1 amide bonds. The highest BCUT2D eigenvalue weighted by Gasteiger charge is 2.40. The van der Waals surface area contributed by atoms with E-state index in [1.807, 2.05) is 0 Å². The third kappa shape index (κ3) is 3.01. The van der Waals surface area contributed by atoms with Gasteiger partial charge in [-0.05, 0) is 43.9 Å². The van der Waals surface area contributed by atoms with Crippen molar-refractivity contribution in [2.45, 2.75) is 43.9 Å². The molecule has 0 saturated carbocycles. The van der Waals surface area contributed by atoms with E-state index in [1.165, 1.54) is 18.2 Å². The fourth-order valence-electron chi connectivity index (χ4n) is 3.50. The molecule has 6 heteroatoms. The van der Waals surface area contributed by atoms with E-state index >= 15 is 0 Å². The van der Waals surface area contributed by atoms with Crippen LogP contribution >= 0.6 is 0 Å². The van der Waals surface area contributed by atoms with Crippen molar-refractivity contribution in [3.63, 3.8) is 0 Å². The number of halogens is 1. The maximum Gasteiger partial charge on any atom is 0.238 e. The summed E-state index contributed by atoms with van der Waals surface area (Å²) in [7, 11) is 0. The Kier molecular flexibility index (Phi) is 3.82. The van der Waals surface area contributed by atoms with Gasteiger partial charge in [-0.1, -0.05) is 0 Å². The molecule has 3 rings (SSSR count). The van der Waals surface area contributed by atoms with E-state index in [9.17, 15) is 14.3 Å². The molecule has 2 atom stereocenters. The van der Waals surface area contributed by atoms with E-state index in [4.69, 9.17) is 5.73 Å². The second-order valence-electron chi connectivity index (χ2n) is 5.96. The summed E-state index contributed by atoms with van der Waals surface area (Å²) in [6.07, 6.45) is 3.26. The average Bonchev–Trinajstić information content (AvgIpc) is 2.66. The molecule has 1 aromatic carbocycles. The van der Waals surface area contributed by atoms with Gasteiger partial charge in [0.25, 0.3) is 0 Å². The fourth-order valence-corrected chi connectivity index (χ4v) is 3.50. The number of rotatable bonds is 3. The third-order valence-corrected chi connectivity index (χ3v) is 4.48. The number of piperidine rings is 1. The molecule has 4 N–H and O–H groups in total. The summed E-state index contributed by atoms with van der Waals surface area (Å²) in [5.41, 5.74) is 6.39. The topological polar surface area (TPSA) is 78.6 Å². The second-order valence-corrected chi connectivity index (χ2v) is 5.96. The normalized spacial score (nSPS) is 28.6. The Labute approximate surface area is 122 Å². The molecule has 2 aliphatic heterocycles. The molecule has 2 saturated heterocycles. The number of hydrogen-bond acceptors (Lipinski definition) is 4. The van der Waals surface area contributed by atoms with Crippen molar-refractivity contribution in [2.24, 2.45) is 0 Å². The van der Waals surface area contributed by atoms with E-state index in [2.05, 4.69) is 10.2 Å². The molecule has 0 radical (unpaired) electrons. The first-order valence-corrected chi connectivity index (χ1v) is 7.31. The molecule has 5 nitrogen and oxygen atoms in total. The number of nitrogen functional groups attached to an aromatic ring is 1. The van der Waals surface area contributed by atoms with Crippen LogP contribution in [-0.4, -0.2) is 40.6 Å². The number of nitrogens with two attached hydrogens (primary N) is 1. The number of anilines is 2. The maximum absolute atomic E-state index is 13.2. The number of fused-ring (bicyclic) bond motifs is 2. The highest BCUT2D eigenvalue weighted by molar-refractivity contribution is 5.95. The Hall–Kier alpha value is -1.66. The number of amides is 1. The van der Waals surface area contributed by atoms with E-state index in [1.54, 1.807) is 0 Å². The summed E-state index contributed by atoms with van der Waals surface area (Å²) in [6, 6.07) is 4.47. The smallest absolute Gasteiger partial charge is 0.238 e. The first kappa shape index (κ1) is 14.3. The predicted octanol–water partition coefficient (Wildman–Crippen LogP) is 1.33. The molecule has 0 spiro atoms. The number of aliphatic hydroxyl groups excluding tert-OH is 1. The van der Waals surface area contributed by atoms with Crippen LogP contribution in [-0.2, 0) is 4.79 Å². The largest absolute Gasteiger partial charge is 0.397 e. The van der Waals surface area contributed by atoms with Crippen molar-refractivity contribution in [3.8, 4) is 0 Å². The molecule has 2 bridgehead atoms. The molecular weight excluding hydrogens is 273 g/mol. The number of hydrogen-bond donors (Lipinski definition) is 3. The molecule has 1 aromatic rings. The van der Waals surface area contributed by atoms with Crippen molar-refractivity contribution in [1.29, 1.82) is 0 Å². The van der Waals surface area contributed by atoms with Gasteiger partial charge in [0.1, 0.15) is 5.82 Å². The number of aliphatic hydroxyl groups is 1. The minimum absolute atomic E-state index is 0.194. The van der Waals surface area contributed by atoms with Crippen LogP contribution in [0.25, 0.3) is 0 Å². The number of carbonyl (C=O) groups is 1. The number of nitrogens with zero attached hydrogens (tertiary/aromatic N) is 1. The molecule has 2 fully saturated rings. The lowest BCUT2D eigenvalue weighted by Crippen LogP contribution is -2.47. The molecule has 0 aromatic heterocycles. The van der Waals surface area contributed by atoms with Crippen LogP contribution < -0.4 is 11.1 Å². The highest BCUT2D eigenvalue weighted by atomic mass is 19.1. The number of carbonyl (C=O) groups excluding carboxylic acids is 1. The molecule has 2 aliphatic rings. The van der Waals surface area contributed by atoms with E-state index in [0.717, 1.165) is 25.7 Å². The van der Waals surface area contributed by atoms with Crippen molar-refractivity contribution >= 4 is 17.3 Å². The minimum Gasteiger partial charge on any atom is -0.397 e. The molecular formula is C15H20FN3O2. The lowest BCUT2D eigenvalue weighted by Gasteiger charge is -2.36. The van der Waals surface area contributed by atoms with Crippen LogP contribution in [0.4, 0.5) is 15.8 Å². The van der Waals surface area contributed by atoms with Gasteiger partial charge in [0.15, 0.2) is 0 Å². The molecule has 0 aliphatic carbocycles. The SMILES string of the molecule is Nc1ccc(F)cc1NC(=O)CN1C2CCC1CC(O)C2. The van der Waals surface area contributed by atoms with Crippen molar-refractivity contribution in [2.75, 3.05) is 17.6 Å².